The van der Waals surface area contributed by atoms with Crippen LogP contribution in [0.25, 0.3) is 0 Å². The highest BCUT2D eigenvalue weighted by Crippen LogP contribution is 2.37. The van der Waals surface area contributed by atoms with Crippen LogP contribution >= 0.6 is 11.6 Å². The molecule has 0 radical (unpaired) electrons. The van der Waals surface area contributed by atoms with Crippen molar-refractivity contribution in [1.29, 1.82) is 0 Å². The molecule has 2 aromatic carbocycles. The average Bonchev–Trinajstić information content (AvgIpc) is 2.40. The molecule has 0 N–H and O–H groups in total. The highest BCUT2D eigenvalue weighted by Gasteiger charge is 2.19. The molecule has 20 heavy (non-hydrogen) atoms. The quantitative estimate of drug-likeness (QED) is 0.721. The van der Waals surface area contributed by atoms with Gasteiger partial charge in [-0.3, -0.25) is 0 Å². The van der Waals surface area contributed by atoms with Gasteiger partial charge in [0.1, 0.15) is 17.4 Å². The van der Waals surface area contributed by atoms with Gasteiger partial charge in [-0.15, -0.1) is 11.6 Å². The second-order valence-corrected chi connectivity index (χ2v) is 4.94. The summed E-state index contributed by atoms with van der Waals surface area (Å²) in [5.41, 5.74) is 1.91. The molecule has 0 aliphatic rings. The fourth-order valence-electron chi connectivity index (χ4n) is 2.03. The first kappa shape index (κ1) is 14.8. The van der Waals surface area contributed by atoms with Crippen LogP contribution in [0.2, 0.25) is 0 Å². The molecule has 0 spiro atoms. The van der Waals surface area contributed by atoms with Crippen molar-refractivity contribution in [2.24, 2.45) is 0 Å². The Morgan fingerprint density at radius 1 is 1.10 bits per heavy atom. The summed E-state index contributed by atoms with van der Waals surface area (Å²) in [6.45, 7) is 4.28. The Balaban J connectivity index is 2.46. The Morgan fingerprint density at radius 3 is 2.50 bits per heavy atom. The number of benzene rings is 2. The van der Waals surface area contributed by atoms with Crippen LogP contribution in [0.3, 0.4) is 0 Å². The number of ether oxygens (including phenoxy) is 1. The van der Waals surface area contributed by atoms with Crippen molar-refractivity contribution >= 4 is 11.6 Å². The summed E-state index contributed by atoms with van der Waals surface area (Å²) in [6, 6.07) is 8.96. The summed E-state index contributed by atoms with van der Waals surface area (Å²) >= 11 is 6.36. The number of rotatable bonds is 4. The van der Waals surface area contributed by atoms with Crippen LogP contribution in [-0.4, -0.2) is 6.61 Å². The summed E-state index contributed by atoms with van der Waals surface area (Å²) in [5.74, 6) is -0.667. The molecule has 0 heterocycles. The van der Waals surface area contributed by atoms with Crippen molar-refractivity contribution in [1.82, 2.24) is 0 Å². The fraction of sp³-hybridized carbons (Fsp3) is 0.250. The number of hydrogen-bond acceptors (Lipinski definition) is 1. The molecule has 106 valence electrons. The van der Waals surface area contributed by atoms with Gasteiger partial charge in [0.15, 0.2) is 0 Å². The Labute approximate surface area is 122 Å². The zero-order valence-electron chi connectivity index (χ0n) is 11.3. The van der Waals surface area contributed by atoms with Crippen LogP contribution in [0.4, 0.5) is 8.78 Å². The molecular weight excluding hydrogens is 282 g/mol. The third-order valence-corrected chi connectivity index (χ3v) is 3.44. The van der Waals surface area contributed by atoms with E-state index in [-0.39, 0.29) is 5.56 Å². The molecule has 4 heteroatoms. The predicted molar refractivity (Wildman–Crippen MR) is 76.4 cm³/mol. The van der Waals surface area contributed by atoms with Gasteiger partial charge in [-0.05, 0) is 26.0 Å². The maximum absolute atomic E-state index is 13.8. The lowest BCUT2D eigenvalue weighted by Gasteiger charge is -2.16. The molecule has 0 aromatic heterocycles. The molecule has 1 atom stereocenters. The molecule has 0 aliphatic carbocycles. The normalized spacial score (nSPS) is 12.2. The lowest BCUT2D eigenvalue weighted by molar-refractivity contribution is 0.336. The van der Waals surface area contributed by atoms with Gasteiger partial charge in [-0.25, -0.2) is 8.78 Å². The van der Waals surface area contributed by atoms with Crippen LogP contribution in [0.1, 0.15) is 29.0 Å². The van der Waals surface area contributed by atoms with Crippen LogP contribution in [0, 0.1) is 18.6 Å². The maximum Gasteiger partial charge on any atom is 0.131 e. The minimum atomic E-state index is -0.725. The van der Waals surface area contributed by atoms with Gasteiger partial charge in [0, 0.05) is 17.2 Å². The first-order valence-corrected chi connectivity index (χ1v) is 6.79. The molecule has 2 aromatic rings. The molecule has 0 bridgehead atoms. The lowest BCUT2D eigenvalue weighted by Crippen LogP contribution is -2.03. The summed E-state index contributed by atoms with van der Waals surface area (Å²) in [5, 5.41) is -0.725. The van der Waals surface area contributed by atoms with E-state index in [9.17, 15) is 8.78 Å². The fourth-order valence-corrected chi connectivity index (χ4v) is 2.37. The van der Waals surface area contributed by atoms with Gasteiger partial charge in [0.2, 0.25) is 0 Å². The van der Waals surface area contributed by atoms with Gasteiger partial charge in [0.05, 0.1) is 12.0 Å². The molecule has 0 saturated carbocycles. The van der Waals surface area contributed by atoms with Crippen molar-refractivity contribution in [3.63, 3.8) is 0 Å². The van der Waals surface area contributed by atoms with Crippen LogP contribution < -0.4 is 4.74 Å². The van der Waals surface area contributed by atoms with E-state index in [0.29, 0.717) is 17.9 Å². The van der Waals surface area contributed by atoms with E-state index in [1.54, 1.807) is 0 Å². The van der Waals surface area contributed by atoms with E-state index in [1.807, 2.05) is 32.0 Å². The van der Waals surface area contributed by atoms with Crippen molar-refractivity contribution in [3.8, 4) is 5.75 Å². The molecule has 0 saturated heterocycles. The van der Waals surface area contributed by atoms with Gasteiger partial charge in [0.25, 0.3) is 0 Å². The molecule has 1 nitrogen and oxygen atoms in total. The molecule has 0 fully saturated rings. The second-order valence-electron chi connectivity index (χ2n) is 4.50. The Morgan fingerprint density at radius 2 is 1.85 bits per heavy atom. The molecule has 2 rings (SSSR count). The molecular formula is C16H15ClF2O. The van der Waals surface area contributed by atoms with Crippen LogP contribution in [0.15, 0.2) is 36.4 Å². The van der Waals surface area contributed by atoms with Crippen molar-refractivity contribution in [2.75, 3.05) is 6.61 Å². The largest absolute Gasteiger partial charge is 0.494 e. The van der Waals surface area contributed by atoms with Gasteiger partial charge < -0.3 is 4.74 Å². The maximum atomic E-state index is 13.8. The van der Waals surface area contributed by atoms with Crippen molar-refractivity contribution in [2.45, 2.75) is 19.2 Å². The van der Waals surface area contributed by atoms with Crippen molar-refractivity contribution in [3.05, 3.63) is 64.7 Å². The zero-order valence-corrected chi connectivity index (χ0v) is 12.0. The van der Waals surface area contributed by atoms with E-state index in [4.69, 9.17) is 16.3 Å². The number of halogens is 3. The smallest absolute Gasteiger partial charge is 0.131 e. The minimum absolute atomic E-state index is 0.236. The minimum Gasteiger partial charge on any atom is -0.494 e. The third-order valence-electron chi connectivity index (χ3n) is 2.97. The molecule has 1 unspecified atom stereocenters. The van der Waals surface area contributed by atoms with Gasteiger partial charge in [-0.2, -0.15) is 0 Å². The number of hydrogen-bond donors (Lipinski definition) is 0. The molecule has 0 amide bonds. The Kier molecular flexibility index (Phi) is 4.61. The summed E-state index contributed by atoms with van der Waals surface area (Å²) in [6.07, 6.45) is 0. The third kappa shape index (κ3) is 3.10. The second kappa shape index (κ2) is 6.23. The van der Waals surface area contributed by atoms with Crippen LogP contribution in [-0.2, 0) is 0 Å². The monoisotopic (exact) mass is 296 g/mol. The highest BCUT2D eigenvalue weighted by atomic mass is 35.5. The van der Waals surface area contributed by atoms with Crippen LogP contribution in [0.5, 0.6) is 5.75 Å². The van der Waals surface area contributed by atoms with Gasteiger partial charge in [-0.1, -0.05) is 23.8 Å². The Hall–Kier alpha value is -1.61. The number of alkyl halides is 1. The standard InChI is InChI=1S/C16H15ClF2O/c1-3-20-15-7-4-10(2)8-13(15)16(17)12-6-5-11(18)9-14(12)19/h4-9,16H,3H2,1-2H3. The predicted octanol–water partition coefficient (Wildman–Crippen LogP) is 5.00. The first-order valence-electron chi connectivity index (χ1n) is 6.35. The lowest BCUT2D eigenvalue weighted by atomic mass is 10.0. The SMILES string of the molecule is CCOc1ccc(C)cc1C(Cl)c1ccc(F)cc1F. The first-order chi connectivity index (χ1) is 9.52. The highest BCUT2D eigenvalue weighted by molar-refractivity contribution is 6.22. The van der Waals surface area contributed by atoms with E-state index in [0.717, 1.165) is 11.6 Å². The summed E-state index contributed by atoms with van der Waals surface area (Å²) < 4.78 is 32.3. The van der Waals surface area contributed by atoms with Gasteiger partial charge >= 0.3 is 0 Å². The van der Waals surface area contributed by atoms with Crippen molar-refractivity contribution < 1.29 is 13.5 Å². The van der Waals surface area contributed by atoms with E-state index in [2.05, 4.69) is 0 Å². The zero-order chi connectivity index (χ0) is 14.7. The van der Waals surface area contributed by atoms with E-state index >= 15 is 0 Å². The average molecular weight is 297 g/mol. The summed E-state index contributed by atoms with van der Waals surface area (Å²) in [7, 11) is 0. The Bertz CT molecular complexity index is 613. The van der Waals surface area contributed by atoms with E-state index < -0.39 is 17.0 Å². The molecule has 0 aliphatic heterocycles. The van der Waals surface area contributed by atoms with E-state index in [1.165, 1.54) is 12.1 Å². The number of aryl methyl sites for hydroxylation is 1. The summed E-state index contributed by atoms with van der Waals surface area (Å²) in [4.78, 5) is 0. The topological polar surface area (TPSA) is 9.23 Å².